The Labute approximate surface area is 126 Å². The van der Waals surface area contributed by atoms with Crippen LogP contribution in [0.5, 0.6) is 0 Å². The first-order chi connectivity index (χ1) is 8.52. The van der Waals surface area contributed by atoms with Gasteiger partial charge in [-0.15, -0.1) is 0 Å². The molecular formula is C11H10BrIN2O3. The number of esters is 1. The topological polar surface area (TPSA) is 59.5 Å². The molecule has 7 heteroatoms. The van der Waals surface area contributed by atoms with Gasteiger partial charge in [0.1, 0.15) is 5.82 Å². The van der Waals surface area contributed by atoms with Crippen molar-refractivity contribution in [2.75, 3.05) is 18.6 Å². The van der Waals surface area contributed by atoms with Gasteiger partial charge in [-0.2, -0.15) is 0 Å². The third kappa shape index (κ3) is 2.66. The van der Waals surface area contributed by atoms with Crippen LogP contribution in [0.2, 0.25) is 0 Å². The van der Waals surface area contributed by atoms with Gasteiger partial charge in [0.25, 0.3) is 0 Å². The largest absolute Gasteiger partial charge is 0.469 e. The Morgan fingerprint density at radius 2 is 2.39 bits per heavy atom. The second-order valence-corrected chi connectivity index (χ2v) is 5.97. The van der Waals surface area contributed by atoms with E-state index in [0.717, 1.165) is 8.04 Å². The Morgan fingerprint density at radius 3 is 3.00 bits per heavy atom. The van der Waals surface area contributed by atoms with Crippen LogP contribution in [0.25, 0.3) is 0 Å². The van der Waals surface area contributed by atoms with Gasteiger partial charge in [0, 0.05) is 23.6 Å². The first-order valence-electron chi connectivity index (χ1n) is 5.22. The number of hydrogen-bond donors (Lipinski definition) is 0. The summed E-state index contributed by atoms with van der Waals surface area (Å²) in [6.07, 6.45) is 1.82. The number of methoxy groups -OCH3 is 1. The molecule has 1 saturated heterocycles. The number of carbonyl (C=O) groups excluding carboxylic acids is 2. The molecule has 18 heavy (non-hydrogen) atoms. The van der Waals surface area contributed by atoms with E-state index in [-0.39, 0.29) is 18.3 Å². The average Bonchev–Trinajstić information content (AvgIpc) is 2.70. The van der Waals surface area contributed by atoms with E-state index in [4.69, 9.17) is 0 Å². The van der Waals surface area contributed by atoms with Crippen molar-refractivity contribution in [3.63, 3.8) is 0 Å². The highest BCUT2D eigenvalue weighted by Gasteiger charge is 2.37. The number of pyridine rings is 1. The molecule has 0 aliphatic carbocycles. The van der Waals surface area contributed by atoms with E-state index >= 15 is 0 Å². The molecular weight excluding hydrogens is 415 g/mol. The summed E-state index contributed by atoms with van der Waals surface area (Å²) in [6.45, 7) is 0.330. The summed E-state index contributed by atoms with van der Waals surface area (Å²) in [5, 5.41) is 0. The number of amides is 1. The summed E-state index contributed by atoms with van der Waals surface area (Å²) < 4.78 is 6.38. The molecule has 2 heterocycles. The fourth-order valence-electron chi connectivity index (χ4n) is 1.84. The summed E-state index contributed by atoms with van der Waals surface area (Å²) in [6, 6.07) is 1.88. The molecule has 96 valence electrons. The Bertz CT molecular complexity index is 509. The van der Waals surface area contributed by atoms with Crippen molar-refractivity contribution in [3.8, 4) is 0 Å². The number of rotatable bonds is 2. The van der Waals surface area contributed by atoms with E-state index in [1.807, 2.05) is 6.07 Å². The van der Waals surface area contributed by atoms with Gasteiger partial charge in [0.15, 0.2) is 0 Å². The van der Waals surface area contributed by atoms with Gasteiger partial charge in [0.2, 0.25) is 5.91 Å². The molecule has 1 unspecified atom stereocenters. The molecule has 0 saturated carbocycles. The van der Waals surface area contributed by atoms with E-state index in [1.165, 1.54) is 12.0 Å². The van der Waals surface area contributed by atoms with Crippen LogP contribution in [0.1, 0.15) is 6.42 Å². The van der Waals surface area contributed by atoms with Crippen molar-refractivity contribution < 1.29 is 14.3 Å². The summed E-state index contributed by atoms with van der Waals surface area (Å²) in [5.74, 6) is -0.255. The first-order valence-corrected chi connectivity index (χ1v) is 7.09. The zero-order valence-corrected chi connectivity index (χ0v) is 13.3. The lowest BCUT2D eigenvalue weighted by atomic mass is 10.1. The molecule has 1 amide bonds. The van der Waals surface area contributed by atoms with Gasteiger partial charge in [-0.05, 0) is 44.6 Å². The maximum atomic E-state index is 11.9. The summed E-state index contributed by atoms with van der Waals surface area (Å²) in [4.78, 5) is 29.1. The fourth-order valence-corrected chi connectivity index (χ4v) is 3.37. The van der Waals surface area contributed by atoms with Crippen LogP contribution in [0.15, 0.2) is 16.7 Å². The molecule has 1 aliphatic rings. The molecule has 2 rings (SSSR count). The van der Waals surface area contributed by atoms with Crippen molar-refractivity contribution in [1.82, 2.24) is 4.98 Å². The average molecular weight is 425 g/mol. The second kappa shape index (κ2) is 5.52. The standard InChI is InChI=1S/C11H10BrIN2O3/c1-18-11(17)6-2-9(16)15(5-6)10-8(13)3-7(12)4-14-10/h3-4,6H,2,5H2,1H3. The highest BCUT2D eigenvalue weighted by molar-refractivity contribution is 14.1. The maximum absolute atomic E-state index is 11.9. The van der Waals surface area contributed by atoms with Gasteiger partial charge >= 0.3 is 5.97 Å². The minimum absolute atomic E-state index is 0.0989. The van der Waals surface area contributed by atoms with E-state index in [9.17, 15) is 9.59 Å². The third-order valence-electron chi connectivity index (χ3n) is 2.70. The molecule has 1 fully saturated rings. The van der Waals surface area contributed by atoms with Crippen LogP contribution in [-0.4, -0.2) is 30.5 Å². The predicted molar refractivity (Wildman–Crippen MR) is 77.1 cm³/mol. The number of nitrogens with zero attached hydrogens (tertiary/aromatic N) is 2. The van der Waals surface area contributed by atoms with Crippen molar-refractivity contribution in [2.45, 2.75) is 6.42 Å². The normalized spacial score (nSPS) is 19.2. The highest BCUT2D eigenvalue weighted by atomic mass is 127. The second-order valence-electron chi connectivity index (χ2n) is 3.89. The number of hydrogen-bond acceptors (Lipinski definition) is 4. The molecule has 1 aromatic heterocycles. The maximum Gasteiger partial charge on any atom is 0.311 e. The van der Waals surface area contributed by atoms with Crippen LogP contribution in [-0.2, 0) is 14.3 Å². The molecule has 0 aromatic carbocycles. The molecule has 0 radical (unpaired) electrons. The summed E-state index contributed by atoms with van der Waals surface area (Å²) >= 11 is 5.44. The molecule has 0 N–H and O–H groups in total. The van der Waals surface area contributed by atoms with E-state index in [2.05, 4.69) is 48.2 Å². The van der Waals surface area contributed by atoms with Crippen molar-refractivity contribution in [1.29, 1.82) is 0 Å². The van der Waals surface area contributed by atoms with E-state index in [0.29, 0.717) is 12.4 Å². The SMILES string of the molecule is COC(=O)C1CC(=O)N(c2ncc(Br)cc2I)C1. The number of carbonyl (C=O) groups is 2. The van der Waals surface area contributed by atoms with Gasteiger partial charge < -0.3 is 4.74 Å². The van der Waals surface area contributed by atoms with Gasteiger partial charge in [0.05, 0.1) is 16.6 Å². The minimum Gasteiger partial charge on any atom is -0.469 e. The van der Waals surface area contributed by atoms with Crippen molar-refractivity contribution in [2.24, 2.45) is 5.92 Å². The fraction of sp³-hybridized carbons (Fsp3) is 0.364. The Balaban J connectivity index is 2.24. The molecule has 1 atom stereocenters. The third-order valence-corrected chi connectivity index (χ3v) is 3.93. The van der Waals surface area contributed by atoms with Crippen LogP contribution in [0.4, 0.5) is 5.82 Å². The lowest BCUT2D eigenvalue weighted by Crippen LogP contribution is -2.27. The van der Waals surface area contributed by atoms with E-state index < -0.39 is 5.92 Å². The quantitative estimate of drug-likeness (QED) is 0.538. The predicted octanol–water partition coefficient (Wildman–Crippen LogP) is 1.97. The molecule has 0 spiro atoms. The van der Waals surface area contributed by atoms with Crippen molar-refractivity contribution in [3.05, 3.63) is 20.3 Å². The highest BCUT2D eigenvalue weighted by Crippen LogP contribution is 2.29. The number of halogens is 2. The molecule has 0 bridgehead atoms. The van der Waals surface area contributed by atoms with Gasteiger partial charge in [-0.25, -0.2) is 4.98 Å². The Hall–Kier alpha value is -0.700. The minimum atomic E-state index is -0.399. The zero-order chi connectivity index (χ0) is 13.3. The monoisotopic (exact) mass is 424 g/mol. The number of anilines is 1. The van der Waals surface area contributed by atoms with Crippen molar-refractivity contribution >= 4 is 56.2 Å². The van der Waals surface area contributed by atoms with Crippen LogP contribution < -0.4 is 4.90 Å². The molecule has 1 aliphatic heterocycles. The number of aromatic nitrogens is 1. The smallest absolute Gasteiger partial charge is 0.311 e. The Morgan fingerprint density at radius 1 is 1.67 bits per heavy atom. The van der Waals surface area contributed by atoms with Crippen LogP contribution >= 0.6 is 38.5 Å². The summed E-state index contributed by atoms with van der Waals surface area (Å²) in [7, 11) is 1.33. The zero-order valence-electron chi connectivity index (χ0n) is 9.52. The Kier molecular flexibility index (Phi) is 4.21. The van der Waals surface area contributed by atoms with E-state index in [1.54, 1.807) is 6.20 Å². The van der Waals surface area contributed by atoms with Gasteiger partial charge in [-0.3, -0.25) is 14.5 Å². The molecule has 1 aromatic rings. The van der Waals surface area contributed by atoms with Crippen LogP contribution in [0, 0.1) is 9.49 Å². The molecule has 5 nitrogen and oxygen atoms in total. The first kappa shape index (κ1) is 13.7. The lowest BCUT2D eigenvalue weighted by Gasteiger charge is -2.16. The lowest BCUT2D eigenvalue weighted by molar-refractivity contribution is -0.145. The van der Waals surface area contributed by atoms with Crippen LogP contribution in [0.3, 0.4) is 0 Å². The van der Waals surface area contributed by atoms with Gasteiger partial charge in [-0.1, -0.05) is 0 Å². The summed E-state index contributed by atoms with van der Waals surface area (Å²) in [5.41, 5.74) is 0. The number of ether oxygens (including phenoxy) is 1.